The third kappa shape index (κ3) is 4.47. The Labute approximate surface area is 183 Å². The van der Waals surface area contributed by atoms with Gasteiger partial charge in [-0.1, -0.05) is 30.3 Å². The SMILES string of the molecule is CC(=O)c1ccc2c(c1)C(=O)N(CCOC1C(=O)SC(=O)N1Cc1ccccc1)CO2. The molecule has 1 atom stereocenters. The number of nitrogens with zero attached hydrogens (tertiary/aromatic N) is 2. The minimum absolute atomic E-state index is 0.0363. The van der Waals surface area contributed by atoms with Gasteiger partial charge in [0.25, 0.3) is 11.1 Å². The number of benzene rings is 2. The van der Waals surface area contributed by atoms with Crippen LogP contribution in [0.5, 0.6) is 5.75 Å². The van der Waals surface area contributed by atoms with Gasteiger partial charge in [-0.15, -0.1) is 0 Å². The van der Waals surface area contributed by atoms with E-state index in [4.69, 9.17) is 9.47 Å². The highest BCUT2D eigenvalue weighted by atomic mass is 32.2. The summed E-state index contributed by atoms with van der Waals surface area (Å²) >= 11 is 0.623. The van der Waals surface area contributed by atoms with Gasteiger partial charge in [-0.3, -0.25) is 24.1 Å². The topological polar surface area (TPSA) is 93.2 Å². The Morgan fingerprint density at radius 1 is 1.16 bits per heavy atom. The molecular formula is C22H20N2O6S. The number of rotatable bonds is 7. The number of Topliss-reactive ketones (excluding diaryl/α,β-unsaturated/α-hetero) is 1. The van der Waals surface area contributed by atoms with E-state index in [0.29, 0.717) is 28.6 Å². The van der Waals surface area contributed by atoms with Crippen LogP contribution in [0.1, 0.15) is 33.2 Å². The van der Waals surface area contributed by atoms with Crippen molar-refractivity contribution in [1.29, 1.82) is 0 Å². The van der Waals surface area contributed by atoms with Gasteiger partial charge in [0.2, 0.25) is 11.3 Å². The maximum Gasteiger partial charge on any atom is 0.292 e. The molecule has 2 aromatic rings. The number of carbonyl (C=O) groups excluding carboxylic acids is 4. The number of ether oxygens (including phenoxy) is 2. The molecule has 0 spiro atoms. The summed E-state index contributed by atoms with van der Waals surface area (Å²) in [6, 6.07) is 14.1. The van der Waals surface area contributed by atoms with Crippen LogP contribution in [0.4, 0.5) is 4.79 Å². The summed E-state index contributed by atoms with van der Waals surface area (Å²) in [6.45, 7) is 1.95. The molecule has 0 N–H and O–H groups in total. The van der Waals surface area contributed by atoms with Gasteiger partial charge < -0.3 is 14.4 Å². The summed E-state index contributed by atoms with van der Waals surface area (Å²) < 4.78 is 11.3. The average Bonchev–Trinajstić information content (AvgIpc) is 3.02. The van der Waals surface area contributed by atoms with Gasteiger partial charge >= 0.3 is 0 Å². The van der Waals surface area contributed by atoms with Crippen LogP contribution in [0.15, 0.2) is 48.5 Å². The number of thioether (sulfide) groups is 1. The van der Waals surface area contributed by atoms with Gasteiger partial charge in [0.1, 0.15) is 5.75 Å². The molecule has 0 aliphatic carbocycles. The quantitative estimate of drug-likeness (QED) is 0.611. The molecule has 2 amide bonds. The molecule has 4 rings (SSSR count). The molecule has 0 bridgehead atoms. The molecule has 2 aliphatic heterocycles. The summed E-state index contributed by atoms with van der Waals surface area (Å²) in [5.74, 6) is 0.00272. The fourth-order valence-electron chi connectivity index (χ4n) is 3.36. The lowest BCUT2D eigenvalue weighted by molar-refractivity contribution is -0.130. The number of fused-ring (bicyclic) bond motifs is 1. The molecule has 0 aromatic heterocycles. The highest BCUT2D eigenvalue weighted by molar-refractivity contribution is 8.26. The standard InChI is InChI=1S/C22H20N2O6S/c1-14(25)16-7-8-18-17(11-16)19(26)23(13-30-18)9-10-29-20-21(27)31-22(28)24(20)12-15-5-3-2-4-6-15/h2-8,11,20H,9-10,12-13H2,1H3. The van der Waals surface area contributed by atoms with Crippen LogP contribution in [0.25, 0.3) is 0 Å². The van der Waals surface area contributed by atoms with E-state index in [1.54, 1.807) is 12.1 Å². The highest BCUT2D eigenvalue weighted by Gasteiger charge is 2.40. The Balaban J connectivity index is 1.38. The fourth-order valence-corrected chi connectivity index (χ4v) is 4.11. The van der Waals surface area contributed by atoms with Crippen molar-refractivity contribution in [2.24, 2.45) is 0 Å². The van der Waals surface area contributed by atoms with Gasteiger partial charge in [-0.05, 0) is 30.7 Å². The van der Waals surface area contributed by atoms with E-state index in [-0.39, 0.29) is 48.5 Å². The van der Waals surface area contributed by atoms with Crippen LogP contribution in [0, 0.1) is 0 Å². The van der Waals surface area contributed by atoms with Crippen molar-refractivity contribution in [2.45, 2.75) is 19.7 Å². The summed E-state index contributed by atoms with van der Waals surface area (Å²) in [6.07, 6.45) is -1.00. The Hall–Kier alpha value is -3.17. The van der Waals surface area contributed by atoms with Crippen molar-refractivity contribution in [1.82, 2.24) is 9.80 Å². The van der Waals surface area contributed by atoms with E-state index in [9.17, 15) is 19.2 Å². The van der Waals surface area contributed by atoms with Crippen LogP contribution < -0.4 is 4.74 Å². The first-order valence-electron chi connectivity index (χ1n) is 9.69. The van der Waals surface area contributed by atoms with E-state index in [1.165, 1.54) is 22.8 Å². The monoisotopic (exact) mass is 440 g/mol. The molecule has 2 aliphatic rings. The third-order valence-corrected chi connectivity index (χ3v) is 5.83. The molecular weight excluding hydrogens is 420 g/mol. The highest BCUT2D eigenvalue weighted by Crippen LogP contribution is 2.29. The Kier molecular flexibility index (Phi) is 6.06. The summed E-state index contributed by atoms with van der Waals surface area (Å²) in [4.78, 5) is 51.7. The van der Waals surface area contributed by atoms with Gasteiger partial charge in [0, 0.05) is 30.4 Å². The Morgan fingerprint density at radius 2 is 1.94 bits per heavy atom. The zero-order valence-corrected chi connectivity index (χ0v) is 17.6. The van der Waals surface area contributed by atoms with Gasteiger partial charge in [0.15, 0.2) is 12.5 Å². The molecule has 31 heavy (non-hydrogen) atoms. The second kappa shape index (κ2) is 8.91. The Bertz CT molecular complexity index is 1040. The number of amides is 2. The predicted octanol–water partition coefficient (Wildman–Crippen LogP) is 2.92. The lowest BCUT2D eigenvalue weighted by Crippen LogP contribution is -2.43. The van der Waals surface area contributed by atoms with Crippen molar-refractivity contribution >= 4 is 33.8 Å². The lowest BCUT2D eigenvalue weighted by atomic mass is 10.1. The molecule has 1 saturated heterocycles. The van der Waals surface area contributed by atoms with Gasteiger partial charge in [-0.25, -0.2) is 0 Å². The van der Waals surface area contributed by atoms with Gasteiger partial charge in [-0.2, -0.15) is 0 Å². The van der Waals surface area contributed by atoms with E-state index in [2.05, 4.69) is 0 Å². The van der Waals surface area contributed by atoms with Crippen molar-refractivity contribution in [2.75, 3.05) is 19.9 Å². The second-order valence-corrected chi connectivity index (χ2v) is 8.09. The van der Waals surface area contributed by atoms with E-state index in [1.807, 2.05) is 30.3 Å². The van der Waals surface area contributed by atoms with E-state index >= 15 is 0 Å². The summed E-state index contributed by atoms with van der Waals surface area (Å²) in [5.41, 5.74) is 1.63. The molecule has 8 nitrogen and oxygen atoms in total. The van der Waals surface area contributed by atoms with E-state index in [0.717, 1.165) is 5.56 Å². The minimum Gasteiger partial charge on any atom is -0.472 e. The minimum atomic E-state index is -1.00. The van der Waals surface area contributed by atoms with Crippen LogP contribution in [-0.2, 0) is 16.1 Å². The van der Waals surface area contributed by atoms with Crippen LogP contribution in [0.2, 0.25) is 0 Å². The van der Waals surface area contributed by atoms with Crippen molar-refractivity contribution in [3.63, 3.8) is 0 Å². The van der Waals surface area contributed by atoms with Gasteiger partial charge in [0.05, 0.1) is 12.2 Å². The van der Waals surface area contributed by atoms with Crippen molar-refractivity contribution < 1.29 is 28.7 Å². The zero-order valence-electron chi connectivity index (χ0n) is 16.8. The molecule has 2 aromatic carbocycles. The summed E-state index contributed by atoms with van der Waals surface area (Å²) in [7, 11) is 0. The number of hydrogen-bond acceptors (Lipinski definition) is 7. The number of ketones is 1. The first-order chi connectivity index (χ1) is 14.9. The first-order valence-corrected chi connectivity index (χ1v) is 10.5. The normalized spacial score (nSPS) is 18.2. The molecule has 2 heterocycles. The predicted molar refractivity (Wildman–Crippen MR) is 113 cm³/mol. The van der Waals surface area contributed by atoms with E-state index < -0.39 is 6.23 Å². The fraction of sp³-hybridized carbons (Fsp3) is 0.273. The lowest BCUT2D eigenvalue weighted by Gasteiger charge is -2.29. The molecule has 0 saturated carbocycles. The molecule has 1 fully saturated rings. The first kappa shape index (κ1) is 21.1. The molecule has 9 heteroatoms. The Morgan fingerprint density at radius 3 is 2.68 bits per heavy atom. The van der Waals surface area contributed by atoms with Crippen LogP contribution >= 0.6 is 11.8 Å². The molecule has 160 valence electrons. The largest absolute Gasteiger partial charge is 0.472 e. The van der Waals surface area contributed by atoms with Crippen molar-refractivity contribution in [3.05, 3.63) is 65.2 Å². The molecule has 1 unspecified atom stereocenters. The van der Waals surface area contributed by atoms with Crippen LogP contribution in [0.3, 0.4) is 0 Å². The smallest absolute Gasteiger partial charge is 0.292 e. The molecule has 0 radical (unpaired) electrons. The maximum atomic E-state index is 12.8. The second-order valence-electron chi connectivity index (χ2n) is 7.13. The van der Waals surface area contributed by atoms with Crippen molar-refractivity contribution in [3.8, 4) is 5.75 Å². The average molecular weight is 440 g/mol. The summed E-state index contributed by atoms with van der Waals surface area (Å²) in [5, 5.41) is -0.736. The number of carbonyl (C=O) groups is 4. The number of hydrogen-bond donors (Lipinski definition) is 0. The maximum absolute atomic E-state index is 12.8. The zero-order chi connectivity index (χ0) is 22.0. The third-order valence-electron chi connectivity index (χ3n) is 5.02. The van der Waals surface area contributed by atoms with Crippen LogP contribution in [-0.4, -0.2) is 58.0 Å².